The van der Waals surface area contributed by atoms with Gasteiger partial charge in [0.1, 0.15) is 0 Å². The van der Waals surface area contributed by atoms with E-state index in [0.29, 0.717) is 6.04 Å². The molecule has 0 bridgehead atoms. The van der Waals surface area contributed by atoms with Crippen LogP contribution in [0.2, 0.25) is 0 Å². The normalized spacial score (nSPS) is 21.9. The molecule has 106 valence electrons. The van der Waals surface area contributed by atoms with E-state index in [1.807, 2.05) is 12.3 Å². The fraction of sp³-hybridized carbons (Fsp3) is 0.688. The second-order valence-electron chi connectivity index (χ2n) is 5.44. The molecule has 1 aromatic rings. The van der Waals surface area contributed by atoms with Gasteiger partial charge in [-0.2, -0.15) is 0 Å². The van der Waals surface area contributed by atoms with Crippen LogP contribution in [0.5, 0.6) is 0 Å². The molecule has 3 nitrogen and oxygen atoms in total. The maximum atomic E-state index is 4.58. The number of aryl methyl sites for hydroxylation is 1. The molecule has 19 heavy (non-hydrogen) atoms. The smallest absolute Gasteiger partial charge is 0.0575 e. The van der Waals surface area contributed by atoms with E-state index in [1.165, 1.54) is 43.6 Å². The van der Waals surface area contributed by atoms with Crippen LogP contribution in [0.25, 0.3) is 0 Å². The standard InChI is InChI=1S/C16H27N3/c1-3-14-7-5-9-18-16(14)13-19-11-6-10-17-15(4-2)8-12-19/h5,7,9,15,17H,3-4,6,8,10-13H2,1-2H3. The molecule has 1 aromatic heterocycles. The van der Waals surface area contributed by atoms with E-state index in [1.54, 1.807) is 0 Å². The first-order chi connectivity index (χ1) is 9.33. The highest BCUT2D eigenvalue weighted by atomic mass is 15.1. The molecule has 0 spiro atoms. The van der Waals surface area contributed by atoms with Gasteiger partial charge in [0.15, 0.2) is 0 Å². The number of pyridine rings is 1. The molecule has 1 aliphatic rings. The second-order valence-corrected chi connectivity index (χ2v) is 5.44. The highest BCUT2D eigenvalue weighted by Gasteiger charge is 2.15. The number of aromatic nitrogens is 1. The molecule has 1 fully saturated rings. The predicted molar refractivity (Wildman–Crippen MR) is 80.2 cm³/mol. The molecule has 0 saturated carbocycles. The zero-order valence-electron chi connectivity index (χ0n) is 12.4. The molecular formula is C16H27N3. The summed E-state index contributed by atoms with van der Waals surface area (Å²) in [5.74, 6) is 0. The lowest BCUT2D eigenvalue weighted by molar-refractivity contribution is 0.221. The zero-order chi connectivity index (χ0) is 13.5. The van der Waals surface area contributed by atoms with Crippen molar-refractivity contribution in [1.82, 2.24) is 15.2 Å². The summed E-state index contributed by atoms with van der Waals surface area (Å²) >= 11 is 0. The van der Waals surface area contributed by atoms with E-state index in [2.05, 4.69) is 35.1 Å². The molecule has 2 rings (SSSR count). The van der Waals surface area contributed by atoms with Crippen molar-refractivity contribution in [3.8, 4) is 0 Å². The van der Waals surface area contributed by atoms with Gasteiger partial charge in [-0.05, 0) is 50.4 Å². The minimum Gasteiger partial charge on any atom is -0.314 e. The average Bonchev–Trinajstić information content (AvgIpc) is 2.43. The lowest BCUT2D eigenvalue weighted by atomic mass is 10.1. The summed E-state index contributed by atoms with van der Waals surface area (Å²) in [5.41, 5.74) is 2.67. The lowest BCUT2D eigenvalue weighted by Gasteiger charge is -2.29. The first-order valence-corrected chi connectivity index (χ1v) is 7.72. The van der Waals surface area contributed by atoms with E-state index in [0.717, 1.165) is 19.5 Å². The number of nitrogens with zero attached hydrogens (tertiary/aromatic N) is 2. The maximum Gasteiger partial charge on any atom is 0.0575 e. The predicted octanol–water partition coefficient (Wildman–Crippen LogP) is 2.61. The fourth-order valence-electron chi connectivity index (χ4n) is 2.82. The van der Waals surface area contributed by atoms with Gasteiger partial charge in [-0.3, -0.25) is 9.88 Å². The summed E-state index contributed by atoms with van der Waals surface area (Å²) < 4.78 is 0. The highest BCUT2D eigenvalue weighted by molar-refractivity contribution is 5.19. The monoisotopic (exact) mass is 261 g/mol. The van der Waals surface area contributed by atoms with E-state index in [-0.39, 0.29) is 0 Å². The molecule has 1 atom stereocenters. The quantitative estimate of drug-likeness (QED) is 0.903. The zero-order valence-corrected chi connectivity index (χ0v) is 12.4. The van der Waals surface area contributed by atoms with E-state index in [9.17, 15) is 0 Å². The number of rotatable bonds is 4. The van der Waals surface area contributed by atoms with Crippen molar-refractivity contribution in [3.63, 3.8) is 0 Å². The van der Waals surface area contributed by atoms with Gasteiger partial charge in [0.2, 0.25) is 0 Å². The van der Waals surface area contributed by atoms with E-state index in [4.69, 9.17) is 0 Å². The summed E-state index contributed by atoms with van der Waals surface area (Å²) in [6.07, 6.45) is 6.73. The Morgan fingerprint density at radius 1 is 1.37 bits per heavy atom. The van der Waals surface area contributed by atoms with Crippen LogP contribution in [0.4, 0.5) is 0 Å². The summed E-state index contributed by atoms with van der Waals surface area (Å²) in [6, 6.07) is 4.95. The van der Waals surface area contributed by atoms with Crippen molar-refractivity contribution in [2.45, 2.75) is 52.1 Å². The van der Waals surface area contributed by atoms with Crippen LogP contribution in [0.1, 0.15) is 44.4 Å². The molecule has 0 aliphatic carbocycles. The van der Waals surface area contributed by atoms with Crippen molar-refractivity contribution in [1.29, 1.82) is 0 Å². The highest BCUT2D eigenvalue weighted by Crippen LogP contribution is 2.12. The average molecular weight is 261 g/mol. The van der Waals surface area contributed by atoms with Crippen LogP contribution in [-0.2, 0) is 13.0 Å². The number of hydrogen-bond acceptors (Lipinski definition) is 3. The molecule has 3 heteroatoms. The Labute approximate surface area is 117 Å². The Kier molecular flexibility index (Phi) is 5.80. The van der Waals surface area contributed by atoms with Crippen LogP contribution >= 0.6 is 0 Å². The molecule has 1 unspecified atom stereocenters. The van der Waals surface area contributed by atoms with Crippen LogP contribution in [-0.4, -0.2) is 35.6 Å². The topological polar surface area (TPSA) is 28.2 Å². The molecule has 1 N–H and O–H groups in total. The molecule has 1 aliphatic heterocycles. The molecular weight excluding hydrogens is 234 g/mol. The Bertz CT molecular complexity index is 378. The SMILES string of the molecule is CCc1cccnc1CN1CCCNC(CC)CC1. The number of hydrogen-bond donors (Lipinski definition) is 1. The second kappa shape index (κ2) is 7.61. The van der Waals surface area contributed by atoms with Gasteiger partial charge in [-0.1, -0.05) is 19.9 Å². The minimum atomic E-state index is 0.692. The van der Waals surface area contributed by atoms with Crippen molar-refractivity contribution < 1.29 is 0 Å². The molecule has 1 saturated heterocycles. The van der Waals surface area contributed by atoms with E-state index < -0.39 is 0 Å². The van der Waals surface area contributed by atoms with Crippen LogP contribution < -0.4 is 5.32 Å². The Balaban J connectivity index is 1.96. The molecule has 0 radical (unpaired) electrons. The van der Waals surface area contributed by atoms with Gasteiger partial charge in [0.25, 0.3) is 0 Å². The van der Waals surface area contributed by atoms with Crippen molar-refractivity contribution in [2.75, 3.05) is 19.6 Å². The summed E-state index contributed by atoms with van der Waals surface area (Å²) in [6.45, 7) is 9.02. The summed E-state index contributed by atoms with van der Waals surface area (Å²) in [5, 5.41) is 3.64. The third kappa shape index (κ3) is 4.29. The molecule has 0 amide bonds. The van der Waals surface area contributed by atoms with Gasteiger partial charge in [-0.15, -0.1) is 0 Å². The third-order valence-corrected chi connectivity index (χ3v) is 4.11. The van der Waals surface area contributed by atoms with Crippen molar-refractivity contribution in [2.24, 2.45) is 0 Å². The van der Waals surface area contributed by atoms with Crippen molar-refractivity contribution >= 4 is 0 Å². The Morgan fingerprint density at radius 3 is 3.05 bits per heavy atom. The van der Waals surface area contributed by atoms with Gasteiger partial charge >= 0.3 is 0 Å². The van der Waals surface area contributed by atoms with Crippen LogP contribution in [0.15, 0.2) is 18.3 Å². The van der Waals surface area contributed by atoms with E-state index >= 15 is 0 Å². The molecule has 2 heterocycles. The largest absolute Gasteiger partial charge is 0.314 e. The third-order valence-electron chi connectivity index (χ3n) is 4.11. The van der Waals surface area contributed by atoms with Gasteiger partial charge in [0.05, 0.1) is 5.69 Å². The van der Waals surface area contributed by atoms with Gasteiger partial charge in [0, 0.05) is 25.3 Å². The summed E-state index contributed by atoms with van der Waals surface area (Å²) in [4.78, 5) is 7.15. The number of nitrogens with one attached hydrogen (secondary N) is 1. The maximum absolute atomic E-state index is 4.58. The minimum absolute atomic E-state index is 0.692. The van der Waals surface area contributed by atoms with Crippen molar-refractivity contribution in [3.05, 3.63) is 29.6 Å². The first-order valence-electron chi connectivity index (χ1n) is 7.72. The van der Waals surface area contributed by atoms with Gasteiger partial charge in [-0.25, -0.2) is 0 Å². The summed E-state index contributed by atoms with van der Waals surface area (Å²) in [7, 11) is 0. The van der Waals surface area contributed by atoms with Gasteiger partial charge < -0.3 is 5.32 Å². The fourth-order valence-corrected chi connectivity index (χ4v) is 2.82. The first kappa shape index (κ1) is 14.5. The molecule has 0 aromatic carbocycles. The Hall–Kier alpha value is -0.930. The van der Waals surface area contributed by atoms with Crippen LogP contribution in [0, 0.1) is 0 Å². The van der Waals surface area contributed by atoms with Crippen LogP contribution in [0.3, 0.4) is 0 Å². The lowest BCUT2D eigenvalue weighted by Crippen LogP contribution is -2.39. The Morgan fingerprint density at radius 2 is 2.26 bits per heavy atom.